The number of hydrogen-bond donors (Lipinski definition) is 2. The molecule has 1 aliphatic rings. The smallest absolute Gasteiger partial charge is 0.237 e. The van der Waals surface area contributed by atoms with Gasteiger partial charge in [0.15, 0.2) is 11.5 Å². The summed E-state index contributed by atoms with van der Waals surface area (Å²) in [7, 11) is 0. The van der Waals surface area contributed by atoms with Gasteiger partial charge in [-0.05, 0) is 43.3 Å². The summed E-state index contributed by atoms with van der Waals surface area (Å²) < 4.78 is 11.0. The highest BCUT2D eigenvalue weighted by Gasteiger charge is 2.17. The molecular weight excluding hydrogens is 314 g/mol. The summed E-state index contributed by atoms with van der Waals surface area (Å²) in [4.78, 5) is 13.2. The fourth-order valence-electron chi connectivity index (χ4n) is 2.15. The Hall–Kier alpha value is -2.34. The molecule has 5 nitrogen and oxygen atoms in total. The topological polar surface area (TPSA) is 67.8 Å². The standard InChI is InChI=1S/C17H17NO4S/c1-11(23-14-5-3-13(19)4-6-14)17(20)18-12-2-7-15-16(10-12)22-9-8-21-15/h2-7,10-11,19H,8-9H2,1H3,(H,18,20). The number of hydrogen-bond acceptors (Lipinski definition) is 5. The molecule has 6 heteroatoms. The fourth-order valence-corrected chi connectivity index (χ4v) is 3.01. The number of anilines is 1. The minimum atomic E-state index is -0.271. The van der Waals surface area contributed by atoms with Crippen molar-refractivity contribution >= 4 is 23.4 Å². The third-order valence-corrected chi connectivity index (χ3v) is 4.44. The minimum absolute atomic E-state index is 0.0975. The number of amides is 1. The zero-order chi connectivity index (χ0) is 16.2. The third-order valence-electron chi connectivity index (χ3n) is 3.33. The molecule has 0 bridgehead atoms. The number of thioether (sulfide) groups is 1. The van der Waals surface area contributed by atoms with Crippen LogP contribution in [0.2, 0.25) is 0 Å². The quantitative estimate of drug-likeness (QED) is 0.842. The van der Waals surface area contributed by atoms with Crippen molar-refractivity contribution in [3.05, 3.63) is 42.5 Å². The second-order valence-electron chi connectivity index (χ2n) is 5.10. The minimum Gasteiger partial charge on any atom is -0.508 e. The van der Waals surface area contributed by atoms with Gasteiger partial charge in [0.25, 0.3) is 0 Å². The van der Waals surface area contributed by atoms with Gasteiger partial charge in [-0.2, -0.15) is 0 Å². The average molecular weight is 331 g/mol. The number of fused-ring (bicyclic) bond motifs is 1. The Balaban J connectivity index is 1.63. The van der Waals surface area contributed by atoms with E-state index in [0.29, 0.717) is 30.4 Å². The number of phenolic OH excluding ortho intramolecular Hbond substituents is 1. The van der Waals surface area contributed by atoms with E-state index in [0.717, 1.165) is 4.90 Å². The maximum Gasteiger partial charge on any atom is 0.237 e. The van der Waals surface area contributed by atoms with Crippen LogP contribution in [-0.4, -0.2) is 29.5 Å². The van der Waals surface area contributed by atoms with Gasteiger partial charge < -0.3 is 19.9 Å². The molecule has 1 unspecified atom stereocenters. The van der Waals surface area contributed by atoms with E-state index in [2.05, 4.69) is 5.32 Å². The lowest BCUT2D eigenvalue weighted by Crippen LogP contribution is -2.22. The van der Waals surface area contributed by atoms with Crippen molar-refractivity contribution in [2.75, 3.05) is 18.5 Å². The molecule has 1 amide bonds. The summed E-state index contributed by atoms with van der Waals surface area (Å²) in [5.74, 6) is 1.45. The van der Waals surface area contributed by atoms with E-state index < -0.39 is 0 Å². The second-order valence-corrected chi connectivity index (χ2v) is 6.52. The average Bonchev–Trinajstić information content (AvgIpc) is 2.56. The van der Waals surface area contributed by atoms with E-state index >= 15 is 0 Å². The number of phenols is 1. The van der Waals surface area contributed by atoms with Crippen LogP contribution in [0.15, 0.2) is 47.4 Å². The highest BCUT2D eigenvalue weighted by Crippen LogP contribution is 2.33. The van der Waals surface area contributed by atoms with Gasteiger partial charge >= 0.3 is 0 Å². The van der Waals surface area contributed by atoms with E-state index in [4.69, 9.17) is 9.47 Å². The first kappa shape index (κ1) is 15.6. The number of rotatable bonds is 4. The summed E-state index contributed by atoms with van der Waals surface area (Å²) in [6.07, 6.45) is 0. The Morgan fingerprint density at radius 1 is 1.13 bits per heavy atom. The van der Waals surface area contributed by atoms with Crippen LogP contribution in [0.4, 0.5) is 5.69 Å². The highest BCUT2D eigenvalue weighted by atomic mass is 32.2. The molecule has 2 aromatic rings. The summed E-state index contributed by atoms with van der Waals surface area (Å²) in [6, 6.07) is 12.1. The normalized spacial score (nSPS) is 14.1. The molecule has 0 radical (unpaired) electrons. The number of carbonyl (C=O) groups excluding carboxylic acids is 1. The molecule has 1 atom stereocenters. The van der Waals surface area contributed by atoms with E-state index in [1.165, 1.54) is 11.8 Å². The van der Waals surface area contributed by atoms with Crippen LogP contribution >= 0.6 is 11.8 Å². The first-order valence-electron chi connectivity index (χ1n) is 7.28. The number of ether oxygens (including phenoxy) is 2. The van der Waals surface area contributed by atoms with E-state index in [1.807, 2.05) is 6.92 Å². The Morgan fingerprint density at radius 2 is 1.83 bits per heavy atom. The molecule has 0 fully saturated rings. The second kappa shape index (κ2) is 6.83. The van der Waals surface area contributed by atoms with E-state index in [-0.39, 0.29) is 16.9 Å². The number of nitrogens with one attached hydrogen (secondary N) is 1. The van der Waals surface area contributed by atoms with Crippen LogP contribution in [0.3, 0.4) is 0 Å². The van der Waals surface area contributed by atoms with Crippen LogP contribution in [-0.2, 0) is 4.79 Å². The van der Waals surface area contributed by atoms with Crippen molar-refractivity contribution in [2.24, 2.45) is 0 Å². The van der Waals surface area contributed by atoms with Gasteiger partial charge in [-0.15, -0.1) is 11.8 Å². The monoisotopic (exact) mass is 331 g/mol. The van der Waals surface area contributed by atoms with Gasteiger partial charge in [-0.1, -0.05) is 0 Å². The highest BCUT2D eigenvalue weighted by molar-refractivity contribution is 8.00. The lowest BCUT2D eigenvalue weighted by molar-refractivity contribution is -0.115. The van der Waals surface area contributed by atoms with Crippen LogP contribution in [0.25, 0.3) is 0 Å². The molecule has 1 heterocycles. The molecular formula is C17H17NO4S. The number of aromatic hydroxyl groups is 1. The van der Waals surface area contributed by atoms with E-state index in [9.17, 15) is 9.90 Å². The summed E-state index contributed by atoms with van der Waals surface area (Å²) in [6.45, 7) is 2.89. The van der Waals surface area contributed by atoms with Crippen LogP contribution < -0.4 is 14.8 Å². The largest absolute Gasteiger partial charge is 0.508 e. The van der Waals surface area contributed by atoms with Crippen LogP contribution in [0.5, 0.6) is 17.2 Å². The Labute approximate surface area is 138 Å². The zero-order valence-electron chi connectivity index (χ0n) is 12.6. The number of carbonyl (C=O) groups is 1. The molecule has 0 aliphatic carbocycles. The van der Waals surface area contributed by atoms with Crippen molar-refractivity contribution in [1.29, 1.82) is 0 Å². The summed E-state index contributed by atoms with van der Waals surface area (Å²) >= 11 is 1.43. The first-order valence-corrected chi connectivity index (χ1v) is 8.16. The third kappa shape index (κ3) is 3.90. The van der Waals surface area contributed by atoms with Gasteiger partial charge in [0.05, 0.1) is 5.25 Å². The van der Waals surface area contributed by atoms with Gasteiger partial charge in [-0.3, -0.25) is 4.79 Å². The molecule has 2 aromatic carbocycles. The summed E-state index contributed by atoms with van der Waals surface area (Å²) in [5, 5.41) is 11.9. The van der Waals surface area contributed by atoms with Crippen molar-refractivity contribution in [3.8, 4) is 17.2 Å². The molecule has 0 saturated heterocycles. The Kier molecular flexibility index (Phi) is 4.62. The van der Waals surface area contributed by atoms with Gasteiger partial charge in [0.1, 0.15) is 19.0 Å². The molecule has 120 valence electrons. The molecule has 3 rings (SSSR count). The van der Waals surface area contributed by atoms with E-state index in [1.54, 1.807) is 42.5 Å². The first-order chi connectivity index (χ1) is 11.1. The molecule has 2 N–H and O–H groups in total. The van der Waals surface area contributed by atoms with Crippen LogP contribution in [0, 0.1) is 0 Å². The van der Waals surface area contributed by atoms with Crippen LogP contribution in [0.1, 0.15) is 6.92 Å². The lowest BCUT2D eigenvalue weighted by Gasteiger charge is -2.19. The van der Waals surface area contributed by atoms with Crippen molar-refractivity contribution in [1.82, 2.24) is 0 Å². The maximum atomic E-state index is 12.3. The predicted molar refractivity (Wildman–Crippen MR) is 89.5 cm³/mol. The SMILES string of the molecule is CC(Sc1ccc(O)cc1)C(=O)Nc1ccc2c(c1)OCCO2. The molecule has 1 aliphatic heterocycles. The summed E-state index contributed by atoms with van der Waals surface area (Å²) in [5.41, 5.74) is 0.678. The van der Waals surface area contributed by atoms with Crippen molar-refractivity contribution < 1.29 is 19.4 Å². The molecule has 0 aromatic heterocycles. The van der Waals surface area contributed by atoms with Crippen molar-refractivity contribution in [2.45, 2.75) is 17.1 Å². The Bertz CT molecular complexity index is 702. The maximum absolute atomic E-state index is 12.3. The number of benzene rings is 2. The molecule has 23 heavy (non-hydrogen) atoms. The van der Waals surface area contributed by atoms with Gasteiger partial charge in [-0.25, -0.2) is 0 Å². The molecule has 0 saturated carbocycles. The zero-order valence-corrected chi connectivity index (χ0v) is 13.4. The van der Waals surface area contributed by atoms with Gasteiger partial charge in [0.2, 0.25) is 5.91 Å². The lowest BCUT2D eigenvalue weighted by atomic mass is 10.2. The van der Waals surface area contributed by atoms with Gasteiger partial charge in [0, 0.05) is 16.6 Å². The fraction of sp³-hybridized carbons (Fsp3) is 0.235. The van der Waals surface area contributed by atoms with Crippen molar-refractivity contribution in [3.63, 3.8) is 0 Å². The Morgan fingerprint density at radius 3 is 2.57 bits per heavy atom. The molecule has 0 spiro atoms. The predicted octanol–water partition coefficient (Wildman–Crippen LogP) is 3.28.